The predicted molar refractivity (Wildman–Crippen MR) is 136 cm³/mol. The van der Waals surface area contributed by atoms with Crippen LogP contribution in [0.15, 0.2) is 30.3 Å². The second-order valence-electron chi connectivity index (χ2n) is 9.26. The molecule has 1 amide bonds. The Balaban J connectivity index is 1.66. The molecule has 0 bridgehead atoms. The van der Waals surface area contributed by atoms with Crippen LogP contribution in [0.4, 0.5) is 10.1 Å². The van der Waals surface area contributed by atoms with Gasteiger partial charge in [0.1, 0.15) is 5.82 Å². The van der Waals surface area contributed by atoms with Gasteiger partial charge in [0.25, 0.3) is 5.91 Å². The van der Waals surface area contributed by atoms with Gasteiger partial charge in [0, 0.05) is 55.9 Å². The predicted octanol–water partition coefficient (Wildman–Crippen LogP) is 4.18. The van der Waals surface area contributed by atoms with Crippen molar-refractivity contribution < 1.29 is 19.1 Å². The molecule has 1 fully saturated rings. The zero-order valence-electron chi connectivity index (χ0n) is 20.8. The van der Waals surface area contributed by atoms with Crippen LogP contribution in [-0.2, 0) is 17.9 Å². The van der Waals surface area contributed by atoms with Crippen molar-refractivity contribution in [3.63, 3.8) is 0 Å². The molecule has 7 nitrogen and oxygen atoms in total. The number of carbonyl (C=O) groups excluding carboxylic acids is 1. The first-order valence-electron chi connectivity index (χ1n) is 12.0. The fourth-order valence-corrected chi connectivity index (χ4v) is 4.96. The van der Waals surface area contributed by atoms with Crippen LogP contribution in [0.1, 0.15) is 39.7 Å². The lowest BCUT2D eigenvalue weighted by atomic mass is 10.0. The van der Waals surface area contributed by atoms with Gasteiger partial charge in [-0.05, 0) is 68.7 Å². The highest BCUT2D eigenvalue weighted by Crippen LogP contribution is 2.33. The smallest absolute Gasteiger partial charge is 0.317 e. The van der Waals surface area contributed by atoms with Gasteiger partial charge in [-0.2, -0.15) is 0 Å². The molecule has 1 aliphatic heterocycles. The Hall–Kier alpha value is -3.39. The van der Waals surface area contributed by atoms with Gasteiger partial charge >= 0.3 is 5.97 Å². The first kappa shape index (κ1) is 24.7. The average Bonchev–Trinajstić information content (AvgIpc) is 3.07. The van der Waals surface area contributed by atoms with Gasteiger partial charge < -0.3 is 19.9 Å². The van der Waals surface area contributed by atoms with Crippen molar-refractivity contribution in [1.82, 2.24) is 14.4 Å². The van der Waals surface area contributed by atoms with Crippen LogP contribution >= 0.6 is 0 Å². The molecule has 2 heterocycles. The summed E-state index contributed by atoms with van der Waals surface area (Å²) in [7, 11) is 0. The number of aryl methyl sites for hydroxylation is 3. The third-order valence-electron chi connectivity index (χ3n) is 7.09. The molecule has 0 atom stereocenters. The monoisotopic (exact) mass is 480 g/mol. The number of piperazine rings is 1. The Labute approximate surface area is 205 Å². The lowest BCUT2D eigenvalue weighted by Crippen LogP contribution is -2.49. The molecule has 0 spiro atoms. The lowest BCUT2D eigenvalue weighted by Gasteiger charge is -2.34. The van der Waals surface area contributed by atoms with E-state index in [2.05, 4.69) is 30.7 Å². The van der Waals surface area contributed by atoms with Crippen LogP contribution in [0.2, 0.25) is 0 Å². The molecule has 0 saturated carbocycles. The van der Waals surface area contributed by atoms with Crippen molar-refractivity contribution in [3.05, 3.63) is 64.1 Å². The average molecular weight is 481 g/mol. The molecular weight excluding hydrogens is 447 g/mol. The summed E-state index contributed by atoms with van der Waals surface area (Å²) < 4.78 is 15.8. The Morgan fingerprint density at radius 1 is 1.06 bits per heavy atom. The first-order chi connectivity index (χ1) is 16.7. The summed E-state index contributed by atoms with van der Waals surface area (Å²) in [4.78, 5) is 28.1. The third-order valence-corrected chi connectivity index (χ3v) is 7.09. The molecule has 35 heavy (non-hydrogen) atoms. The van der Waals surface area contributed by atoms with E-state index in [0.29, 0.717) is 38.3 Å². The third kappa shape index (κ3) is 5.03. The quantitative estimate of drug-likeness (QED) is 0.531. The second-order valence-corrected chi connectivity index (χ2v) is 9.26. The molecule has 0 radical (unpaired) electrons. The number of halogens is 1. The zero-order chi connectivity index (χ0) is 25.3. The van der Waals surface area contributed by atoms with E-state index in [1.807, 2.05) is 24.0 Å². The van der Waals surface area contributed by atoms with Crippen LogP contribution in [0.5, 0.6) is 0 Å². The van der Waals surface area contributed by atoms with E-state index in [1.54, 1.807) is 11.0 Å². The van der Waals surface area contributed by atoms with Crippen molar-refractivity contribution >= 4 is 28.5 Å². The van der Waals surface area contributed by atoms with E-state index in [1.165, 1.54) is 12.1 Å². The minimum absolute atomic E-state index is 0.00609. The van der Waals surface area contributed by atoms with Crippen molar-refractivity contribution in [3.8, 4) is 0 Å². The molecule has 2 aromatic carbocycles. The number of benzene rings is 2. The summed E-state index contributed by atoms with van der Waals surface area (Å²) in [5, 5.41) is 13.6. The maximum absolute atomic E-state index is 13.6. The Morgan fingerprint density at radius 2 is 1.77 bits per heavy atom. The van der Waals surface area contributed by atoms with Gasteiger partial charge in [-0.1, -0.05) is 6.07 Å². The largest absolute Gasteiger partial charge is 0.480 e. The number of hydrogen-bond acceptors (Lipinski definition) is 4. The van der Waals surface area contributed by atoms with E-state index in [9.17, 15) is 14.0 Å². The maximum Gasteiger partial charge on any atom is 0.317 e. The Kier molecular flexibility index (Phi) is 7.12. The van der Waals surface area contributed by atoms with Gasteiger partial charge in [-0.3, -0.25) is 14.5 Å². The number of aromatic nitrogens is 1. The van der Waals surface area contributed by atoms with E-state index >= 15 is 0 Å². The summed E-state index contributed by atoms with van der Waals surface area (Å²) in [6.45, 7) is 11.6. The van der Waals surface area contributed by atoms with Crippen molar-refractivity contribution in [2.75, 3.05) is 38.0 Å². The highest BCUT2D eigenvalue weighted by Gasteiger charge is 2.25. The molecule has 186 valence electrons. The Morgan fingerprint density at radius 3 is 2.40 bits per heavy atom. The molecule has 0 unspecified atom stereocenters. The van der Waals surface area contributed by atoms with Gasteiger partial charge in [0.05, 0.1) is 17.7 Å². The molecule has 2 N–H and O–H groups in total. The molecular formula is C27H33FN4O3. The number of carboxylic acids is 1. The van der Waals surface area contributed by atoms with Gasteiger partial charge in [0.2, 0.25) is 0 Å². The molecule has 1 aliphatic rings. The van der Waals surface area contributed by atoms with Gasteiger partial charge in [-0.25, -0.2) is 4.39 Å². The van der Waals surface area contributed by atoms with Crippen LogP contribution in [0, 0.1) is 26.6 Å². The number of nitrogens with one attached hydrogen (secondary N) is 1. The zero-order valence-corrected chi connectivity index (χ0v) is 20.8. The highest BCUT2D eigenvalue weighted by molar-refractivity contribution is 6.04. The molecule has 8 heteroatoms. The SMILES string of the molecule is CCn1c(C)c(C)c2cc(C(=O)N3CCN(CC(=O)O)CC3)cc(NCc3ccc(F)cc3C)c21. The van der Waals surface area contributed by atoms with Crippen LogP contribution < -0.4 is 5.32 Å². The van der Waals surface area contributed by atoms with Gasteiger partial charge in [0.15, 0.2) is 0 Å². The van der Waals surface area contributed by atoms with E-state index in [4.69, 9.17) is 5.11 Å². The topological polar surface area (TPSA) is 77.8 Å². The minimum Gasteiger partial charge on any atom is -0.480 e. The molecule has 4 rings (SSSR count). The summed E-state index contributed by atoms with van der Waals surface area (Å²) >= 11 is 0. The number of nitrogens with zero attached hydrogens (tertiary/aromatic N) is 3. The molecule has 1 aromatic heterocycles. The first-order valence-corrected chi connectivity index (χ1v) is 12.0. The van der Waals surface area contributed by atoms with Crippen molar-refractivity contribution in [2.45, 2.75) is 40.8 Å². The number of carboxylic acid groups (broad SMARTS) is 1. The number of rotatable bonds is 7. The fourth-order valence-electron chi connectivity index (χ4n) is 4.96. The maximum atomic E-state index is 13.6. The number of carbonyl (C=O) groups is 2. The molecule has 3 aromatic rings. The van der Waals surface area contributed by atoms with Crippen LogP contribution in [0.3, 0.4) is 0 Å². The lowest BCUT2D eigenvalue weighted by molar-refractivity contribution is -0.138. The Bertz CT molecular complexity index is 1280. The van der Waals surface area contributed by atoms with Crippen LogP contribution in [0.25, 0.3) is 10.9 Å². The second kappa shape index (κ2) is 10.1. The van der Waals surface area contributed by atoms with Gasteiger partial charge in [-0.15, -0.1) is 0 Å². The van der Waals surface area contributed by atoms with E-state index in [-0.39, 0.29) is 18.3 Å². The van der Waals surface area contributed by atoms with Crippen molar-refractivity contribution in [1.29, 1.82) is 0 Å². The number of hydrogen-bond donors (Lipinski definition) is 2. The molecule has 1 saturated heterocycles. The minimum atomic E-state index is -0.853. The molecule has 0 aliphatic carbocycles. The standard InChI is InChI=1S/C27H33FN4O3/c1-5-32-19(4)18(3)23-13-21(27(35)31-10-8-30(9-11-31)16-25(33)34)14-24(26(23)32)29-15-20-6-7-22(28)12-17(20)2/h6-7,12-14,29H,5,8-11,15-16H2,1-4H3,(H,33,34). The summed E-state index contributed by atoms with van der Waals surface area (Å²) in [6, 6.07) is 8.67. The summed E-state index contributed by atoms with van der Waals surface area (Å²) in [6.07, 6.45) is 0. The van der Waals surface area contributed by atoms with Crippen molar-refractivity contribution in [2.24, 2.45) is 0 Å². The normalized spacial score (nSPS) is 14.5. The van der Waals surface area contributed by atoms with E-state index < -0.39 is 5.97 Å². The number of anilines is 1. The fraction of sp³-hybridized carbons (Fsp3) is 0.407. The number of fused-ring (bicyclic) bond motifs is 1. The van der Waals surface area contributed by atoms with Crippen LogP contribution in [-0.4, -0.2) is 64.1 Å². The summed E-state index contributed by atoms with van der Waals surface area (Å²) in [5.74, 6) is -1.16. The highest BCUT2D eigenvalue weighted by atomic mass is 19.1. The number of amides is 1. The summed E-state index contributed by atoms with van der Waals surface area (Å²) in [5.41, 5.74) is 6.72. The number of aliphatic carboxylic acids is 1. The van der Waals surface area contributed by atoms with E-state index in [0.717, 1.165) is 45.5 Å².